The average molecular weight is 254 g/mol. The van der Waals surface area contributed by atoms with Crippen LogP contribution in [0.15, 0.2) is 0 Å². The number of carbonyl (C=O) groups is 3. The molecule has 1 aliphatic rings. The van der Waals surface area contributed by atoms with Gasteiger partial charge in [0.15, 0.2) is 5.78 Å². The van der Waals surface area contributed by atoms with Crippen LogP contribution in [0.4, 0.5) is 0 Å². The van der Waals surface area contributed by atoms with Gasteiger partial charge in [0.25, 0.3) is 0 Å². The van der Waals surface area contributed by atoms with Crippen LogP contribution in [0.5, 0.6) is 0 Å². The summed E-state index contributed by atoms with van der Waals surface area (Å²) in [6.07, 6.45) is 0. The SMILES string of the molecule is CC(C)[C@H](N)C(=O)[C@@H]1C(=O)N(C(C)C)C(=O)[C@H]1C. The number of amides is 2. The number of hydrogen-bond donors (Lipinski definition) is 1. The highest BCUT2D eigenvalue weighted by molar-refractivity contribution is 6.16. The van der Waals surface area contributed by atoms with Crippen molar-refractivity contribution >= 4 is 17.6 Å². The molecule has 18 heavy (non-hydrogen) atoms. The van der Waals surface area contributed by atoms with Crippen LogP contribution in [0.3, 0.4) is 0 Å². The van der Waals surface area contributed by atoms with E-state index in [4.69, 9.17) is 5.73 Å². The summed E-state index contributed by atoms with van der Waals surface area (Å²) in [5.41, 5.74) is 5.80. The molecule has 1 rings (SSSR count). The van der Waals surface area contributed by atoms with Gasteiger partial charge in [-0.2, -0.15) is 0 Å². The Bertz CT molecular complexity index is 376. The Kier molecular flexibility index (Phi) is 4.27. The van der Waals surface area contributed by atoms with Gasteiger partial charge in [-0.05, 0) is 19.8 Å². The van der Waals surface area contributed by atoms with Gasteiger partial charge in [0.2, 0.25) is 11.8 Å². The summed E-state index contributed by atoms with van der Waals surface area (Å²) < 4.78 is 0. The Morgan fingerprint density at radius 3 is 2.00 bits per heavy atom. The van der Waals surface area contributed by atoms with Crippen molar-refractivity contribution in [3.05, 3.63) is 0 Å². The van der Waals surface area contributed by atoms with Gasteiger partial charge in [0.05, 0.1) is 12.0 Å². The molecule has 0 aromatic carbocycles. The van der Waals surface area contributed by atoms with E-state index in [1.165, 1.54) is 4.90 Å². The number of hydrogen-bond acceptors (Lipinski definition) is 4. The molecule has 2 amide bonds. The Balaban J connectivity index is 3.01. The van der Waals surface area contributed by atoms with Gasteiger partial charge in [0, 0.05) is 6.04 Å². The Labute approximate surface area is 108 Å². The molecular weight excluding hydrogens is 232 g/mol. The van der Waals surface area contributed by atoms with Crippen LogP contribution in [0.25, 0.3) is 0 Å². The molecule has 0 spiro atoms. The van der Waals surface area contributed by atoms with Gasteiger partial charge in [-0.1, -0.05) is 20.8 Å². The van der Waals surface area contributed by atoms with Gasteiger partial charge in [-0.3, -0.25) is 19.3 Å². The van der Waals surface area contributed by atoms with Crippen molar-refractivity contribution in [2.75, 3.05) is 0 Å². The number of rotatable bonds is 4. The van der Waals surface area contributed by atoms with Crippen molar-refractivity contribution in [1.82, 2.24) is 4.90 Å². The summed E-state index contributed by atoms with van der Waals surface area (Å²) in [5.74, 6) is -2.54. The van der Waals surface area contributed by atoms with Crippen LogP contribution in [0, 0.1) is 17.8 Å². The molecule has 1 aliphatic heterocycles. The monoisotopic (exact) mass is 254 g/mol. The molecule has 0 bridgehead atoms. The second kappa shape index (κ2) is 5.18. The van der Waals surface area contributed by atoms with Crippen molar-refractivity contribution in [2.24, 2.45) is 23.5 Å². The van der Waals surface area contributed by atoms with Crippen LogP contribution in [-0.4, -0.2) is 34.6 Å². The van der Waals surface area contributed by atoms with E-state index in [1.54, 1.807) is 20.8 Å². The topological polar surface area (TPSA) is 80.5 Å². The summed E-state index contributed by atoms with van der Waals surface area (Å²) in [4.78, 5) is 37.5. The van der Waals surface area contributed by atoms with Gasteiger partial charge in [-0.15, -0.1) is 0 Å². The van der Waals surface area contributed by atoms with Crippen LogP contribution >= 0.6 is 0 Å². The molecule has 0 unspecified atom stereocenters. The highest BCUT2D eigenvalue weighted by Crippen LogP contribution is 2.29. The third-order valence-electron chi connectivity index (χ3n) is 3.50. The molecule has 0 saturated carbocycles. The van der Waals surface area contributed by atoms with E-state index in [9.17, 15) is 14.4 Å². The van der Waals surface area contributed by atoms with Crippen molar-refractivity contribution in [2.45, 2.75) is 46.7 Å². The number of carbonyl (C=O) groups excluding carboxylic acids is 3. The normalized spacial score (nSPS) is 26.3. The molecule has 1 saturated heterocycles. The maximum absolute atomic E-state index is 12.2. The lowest BCUT2D eigenvalue weighted by Gasteiger charge is -2.20. The molecule has 0 aliphatic carbocycles. The van der Waals surface area contributed by atoms with Crippen molar-refractivity contribution in [3.63, 3.8) is 0 Å². The van der Waals surface area contributed by atoms with Crippen LogP contribution in [0.1, 0.15) is 34.6 Å². The first kappa shape index (κ1) is 14.8. The zero-order valence-corrected chi connectivity index (χ0v) is 11.6. The molecule has 0 radical (unpaired) electrons. The molecule has 1 fully saturated rings. The molecular formula is C13H22N2O3. The zero-order valence-electron chi connectivity index (χ0n) is 11.6. The minimum Gasteiger partial charge on any atom is -0.321 e. The fourth-order valence-electron chi connectivity index (χ4n) is 2.25. The highest BCUT2D eigenvalue weighted by Gasteiger charge is 2.50. The molecule has 102 valence electrons. The van der Waals surface area contributed by atoms with Crippen LogP contribution < -0.4 is 5.73 Å². The van der Waals surface area contributed by atoms with E-state index in [2.05, 4.69) is 0 Å². The van der Waals surface area contributed by atoms with Gasteiger partial charge in [0.1, 0.15) is 5.92 Å². The third-order valence-corrected chi connectivity index (χ3v) is 3.50. The quantitative estimate of drug-likeness (QED) is 0.587. The minimum atomic E-state index is -0.905. The minimum absolute atomic E-state index is 0.0410. The maximum atomic E-state index is 12.2. The second-order valence-corrected chi connectivity index (χ2v) is 5.58. The molecule has 0 aromatic heterocycles. The van der Waals surface area contributed by atoms with E-state index in [0.29, 0.717) is 0 Å². The van der Waals surface area contributed by atoms with Crippen LogP contribution in [-0.2, 0) is 14.4 Å². The van der Waals surface area contributed by atoms with E-state index >= 15 is 0 Å². The first-order valence-electron chi connectivity index (χ1n) is 6.36. The van der Waals surface area contributed by atoms with Crippen molar-refractivity contribution in [1.29, 1.82) is 0 Å². The average Bonchev–Trinajstić information content (AvgIpc) is 2.48. The molecule has 3 atom stereocenters. The molecule has 0 aromatic rings. The highest BCUT2D eigenvalue weighted by atomic mass is 16.2. The fourth-order valence-corrected chi connectivity index (χ4v) is 2.25. The molecule has 2 N–H and O–H groups in total. The predicted molar refractivity (Wildman–Crippen MR) is 67.5 cm³/mol. The first-order chi connectivity index (χ1) is 8.20. The number of imide groups is 1. The summed E-state index contributed by atoms with van der Waals surface area (Å²) in [6, 6.07) is -0.915. The summed E-state index contributed by atoms with van der Waals surface area (Å²) in [6.45, 7) is 8.80. The second-order valence-electron chi connectivity index (χ2n) is 5.58. The largest absolute Gasteiger partial charge is 0.321 e. The van der Waals surface area contributed by atoms with E-state index in [1.807, 2.05) is 13.8 Å². The van der Waals surface area contributed by atoms with E-state index in [0.717, 1.165) is 0 Å². The summed E-state index contributed by atoms with van der Waals surface area (Å²) in [7, 11) is 0. The van der Waals surface area contributed by atoms with Crippen molar-refractivity contribution in [3.8, 4) is 0 Å². The van der Waals surface area contributed by atoms with Gasteiger partial charge >= 0.3 is 0 Å². The number of nitrogens with zero attached hydrogens (tertiary/aromatic N) is 1. The maximum Gasteiger partial charge on any atom is 0.240 e. The van der Waals surface area contributed by atoms with Crippen LogP contribution in [0.2, 0.25) is 0 Å². The number of likely N-dealkylation sites (tertiary alicyclic amines) is 1. The fraction of sp³-hybridized carbons (Fsp3) is 0.769. The van der Waals surface area contributed by atoms with Crippen molar-refractivity contribution < 1.29 is 14.4 Å². The standard InChI is InChI=1S/C13H22N2O3/c1-6(2)10(14)11(16)9-8(5)12(17)15(7(3)4)13(9)18/h6-10H,14H2,1-5H3/t8-,9+,10-/m0/s1. The summed E-state index contributed by atoms with van der Waals surface area (Å²) in [5, 5.41) is 0. The smallest absolute Gasteiger partial charge is 0.240 e. The lowest BCUT2D eigenvalue weighted by molar-refractivity contribution is -0.142. The predicted octanol–water partition coefficient (Wildman–Crippen LogP) is 0.568. The Morgan fingerprint density at radius 1 is 1.17 bits per heavy atom. The lowest BCUT2D eigenvalue weighted by Crippen LogP contribution is -2.44. The zero-order chi connectivity index (χ0) is 14.2. The third kappa shape index (κ3) is 2.32. The molecule has 1 heterocycles. The molecule has 5 nitrogen and oxygen atoms in total. The molecule has 5 heteroatoms. The van der Waals surface area contributed by atoms with E-state index in [-0.39, 0.29) is 23.7 Å². The lowest BCUT2D eigenvalue weighted by atomic mass is 9.85. The van der Waals surface area contributed by atoms with Gasteiger partial charge < -0.3 is 5.73 Å². The summed E-state index contributed by atoms with van der Waals surface area (Å²) >= 11 is 0. The van der Waals surface area contributed by atoms with E-state index < -0.39 is 23.8 Å². The number of nitrogens with two attached hydrogens (primary N) is 1. The van der Waals surface area contributed by atoms with Gasteiger partial charge in [-0.25, -0.2) is 0 Å². The first-order valence-corrected chi connectivity index (χ1v) is 6.36. The Morgan fingerprint density at radius 2 is 1.67 bits per heavy atom. The number of Topliss-reactive ketones (excluding diaryl/α,β-unsaturated/α-hetero) is 1. The Hall–Kier alpha value is -1.23. The number of ketones is 1.